The number of hydrogen-bond acceptors (Lipinski definition) is 6. The van der Waals surface area contributed by atoms with Crippen molar-refractivity contribution in [2.75, 3.05) is 17.2 Å². The van der Waals surface area contributed by atoms with E-state index in [-0.39, 0.29) is 5.91 Å². The summed E-state index contributed by atoms with van der Waals surface area (Å²) in [7, 11) is 0. The van der Waals surface area contributed by atoms with Gasteiger partial charge >= 0.3 is 0 Å². The molecule has 1 aliphatic rings. The number of carbonyl (C=O) groups is 1. The SMILES string of the molecule is CCCOc1cccc(C2C(C(=O)Nc3ccc(C)cc3C)=C(C)Nc3nc(SCc4ccccc4)nn32)c1. The molecule has 1 unspecified atom stereocenters. The number of aromatic nitrogens is 3. The maximum atomic E-state index is 13.9. The largest absolute Gasteiger partial charge is 0.494 e. The number of nitrogens with one attached hydrogen (secondary N) is 2. The van der Waals surface area contributed by atoms with Gasteiger partial charge < -0.3 is 15.4 Å². The highest BCUT2D eigenvalue weighted by Gasteiger charge is 2.34. The van der Waals surface area contributed by atoms with E-state index in [1.807, 2.05) is 80.1 Å². The van der Waals surface area contributed by atoms with Gasteiger partial charge in [-0.3, -0.25) is 4.79 Å². The third kappa shape index (κ3) is 6.01. The van der Waals surface area contributed by atoms with Crippen LogP contribution in [0.5, 0.6) is 5.75 Å². The molecule has 0 spiro atoms. The predicted octanol–water partition coefficient (Wildman–Crippen LogP) is 6.90. The van der Waals surface area contributed by atoms with Crippen molar-refractivity contribution in [3.05, 3.63) is 106 Å². The lowest BCUT2D eigenvalue weighted by atomic mass is 9.94. The Hall–Kier alpha value is -4.04. The van der Waals surface area contributed by atoms with Crippen molar-refractivity contribution in [1.82, 2.24) is 14.8 Å². The van der Waals surface area contributed by atoms with Gasteiger partial charge in [0.15, 0.2) is 0 Å². The third-order valence-corrected chi connectivity index (χ3v) is 7.47. The van der Waals surface area contributed by atoms with Crippen molar-refractivity contribution in [3.63, 3.8) is 0 Å². The molecule has 5 rings (SSSR count). The van der Waals surface area contributed by atoms with Crippen LogP contribution in [0.3, 0.4) is 0 Å². The summed E-state index contributed by atoms with van der Waals surface area (Å²) in [4.78, 5) is 18.6. The lowest BCUT2D eigenvalue weighted by Gasteiger charge is -2.29. The molecule has 0 bridgehead atoms. The van der Waals surface area contributed by atoms with E-state index in [4.69, 9.17) is 14.8 Å². The first-order valence-corrected chi connectivity index (χ1v) is 14.1. The molecular formula is C31H33N5O2S. The van der Waals surface area contributed by atoms with Crippen molar-refractivity contribution in [2.45, 2.75) is 51.1 Å². The number of thioether (sulfide) groups is 1. The van der Waals surface area contributed by atoms with Gasteiger partial charge in [0.1, 0.15) is 11.8 Å². The zero-order valence-corrected chi connectivity index (χ0v) is 23.5. The summed E-state index contributed by atoms with van der Waals surface area (Å²) in [5, 5.41) is 12.0. The van der Waals surface area contributed by atoms with Gasteiger partial charge in [-0.1, -0.05) is 78.8 Å². The van der Waals surface area contributed by atoms with E-state index < -0.39 is 6.04 Å². The first-order valence-electron chi connectivity index (χ1n) is 13.2. The van der Waals surface area contributed by atoms with Crippen LogP contribution in [0.1, 0.15) is 48.6 Å². The molecule has 0 fully saturated rings. The molecule has 200 valence electrons. The van der Waals surface area contributed by atoms with Crippen LogP contribution in [0, 0.1) is 13.8 Å². The molecule has 2 N–H and O–H groups in total. The Labute approximate surface area is 233 Å². The minimum Gasteiger partial charge on any atom is -0.494 e. The van der Waals surface area contributed by atoms with Crippen molar-refractivity contribution in [2.24, 2.45) is 0 Å². The average molecular weight is 540 g/mol. The van der Waals surface area contributed by atoms with Gasteiger partial charge in [0.25, 0.3) is 5.91 Å². The number of amides is 1. The van der Waals surface area contributed by atoms with Crippen LogP contribution in [0.15, 0.2) is 89.2 Å². The zero-order valence-electron chi connectivity index (χ0n) is 22.7. The highest BCUT2D eigenvalue weighted by molar-refractivity contribution is 7.98. The quantitative estimate of drug-likeness (QED) is 0.225. The van der Waals surface area contributed by atoms with Crippen molar-refractivity contribution >= 4 is 29.3 Å². The number of hydrogen-bond donors (Lipinski definition) is 2. The van der Waals surface area contributed by atoms with Gasteiger partial charge in [-0.25, -0.2) is 4.68 Å². The molecule has 1 aliphatic heterocycles. The number of rotatable bonds is 9. The molecular weight excluding hydrogens is 506 g/mol. The molecule has 0 saturated carbocycles. The zero-order chi connectivity index (χ0) is 27.4. The van der Waals surface area contributed by atoms with E-state index in [0.29, 0.717) is 23.3 Å². The summed E-state index contributed by atoms with van der Waals surface area (Å²) in [6, 6.07) is 23.7. The summed E-state index contributed by atoms with van der Waals surface area (Å²) < 4.78 is 7.75. The summed E-state index contributed by atoms with van der Waals surface area (Å²) in [5.41, 5.74) is 6.37. The average Bonchev–Trinajstić information content (AvgIpc) is 3.34. The van der Waals surface area contributed by atoms with Crippen molar-refractivity contribution < 1.29 is 9.53 Å². The van der Waals surface area contributed by atoms with E-state index in [1.165, 1.54) is 5.56 Å². The van der Waals surface area contributed by atoms with Crippen LogP contribution in [0.4, 0.5) is 11.6 Å². The Balaban J connectivity index is 1.51. The molecule has 1 aromatic heterocycles. The van der Waals surface area contributed by atoms with Gasteiger partial charge in [-0.2, -0.15) is 4.98 Å². The molecule has 1 amide bonds. The number of fused-ring (bicyclic) bond motifs is 1. The number of nitrogens with zero attached hydrogens (tertiary/aromatic N) is 3. The molecule has 3 aromatic carbocycles. The fourth-order valence-electron chi connectivity index (χ4n) is 4.65. The number of allylic oxidation sites excluding steroid dienone is 1. The summed E-state index contributed by atoms with van der Waals surface area (Å²) >= 11 is 1.57. The van der Waals surface area contributed by atoms with Crippen LogP contribution in [-0.4, -0.2) is 27.3 Å². The number of ether oxygens (including phenoxy) is 1. The molecule has 0 aliphatic carbocycles. The van der Waals surface area contributed by atoms with Crippen LogP contribution in [0.2, 0.25) is 0 Å². The van der Waals surface area contributed by atoms with Crippen LogP contribution < -0.4 is 15.4 Å². The van der Waals surface area contributed by atoms with Crippen LogP contribution in [-0.2, 0) is 10.5 Å². The molecule has 1 atom stereocenters. The minimum atomic E-state index is -0.476. The molecule has 2 heterocycles. The Bertz CT molecular complexity index is 1510. The summed E-state index contributed by atoms with van der Waals surface area (Å²) in [5.74, 6) is 1.94. The lowest BCUT2D eigenvalue weighted by Crippen LogP contribution is -2.31. The number of anilines is 2. The minimum absolute atomic E-state index is 0.184. The van der Waals surface area contributed by atoms with Gasteiger partial charge in [-0.05, 0) is 62.1 Å². The summed E-state index contributed by atoms with van der Waals surface area (Å²) in [6.45, 7) is 8.66. The second-order valence-corrected chi connectivity index (χ2v) is 10.6. The maximum absolute atomic E-state index is 13.9. The highest BCUT2D eigenvalue weighted by Crippen LogP contribution is 2.38. The van der Waals surface area contributed by atoms with Gasteiger partial charge in [0.2, 0.25) is 11.1 Å². The van der Waals surface area contributed by atoms with Gasteiger partial charge in [-0.15, -0.1) is 5.10 Å². The number of carbonyl (C=O) groups excluding carboxylic acids is 1. The first-order chi connectivity index (χ1) is 18.9. The standard InChI is InChI=1S/C31H33N5O2S/c1-5-16-38-25-13-9-12-24(18-25)28-27(29(37)33-26-15-14-20(2)17-21(26)3)22(4)32-30-34-31(35-36(28)30)39-19-23-10-7-6-8-11-23/h6-15,17-18,28H,5,16,19H2,1-4H3,(H,33,37)(H,32,34,35). The van der Waals surface area contributed by atoms with Gasteiger partial charge in [0.05, 0.1) is 12.2 Å². The number of aryl methyl sites for hydroxylation is 2. The molecule has 8 heteroatoms. The summed E-state index contributed by atoms with van der Waals surface area (Å²) in [6.07, 6.45) is 0.912. The predicted molar refractivity (Wildman–Crippen MR) is 157 cm³/mol. The molecule has 0 saturated heterocycles. The van der Waals surface area contributed by atoms with E-state index in [9.17, 15) is 4.79 Å². The highest BCUT2D eigenvalue weighted by atomic mass is 32.2. The topological polar surface area (TPSA) is 81.1 Å². The Morgan fingerprint density at radius 1 is 1.05 bits per heavy atom. The van der Waals surface area contributed by atoms with Crippen LogP contribution >= 0.6 is 11.8 Å². The molecule has 4 aromatic rings. The fraction of sp³-hybridized carbons (Fsp3) is 0.258. The van der Waals surface area contributed by atoms with E-state index in [2.05, 4.69) is 35.8 Å². The van der Waals surface area contributed by atoms with E-state index in [0.717, 1.165) is 46.0 Å². The second-order valence-electron chi connectivity index (χ2n) is 9.70. The fourth-order valence-corrected chi connectivity index (χ4v) is 5.44. The molecule has 39 heavy (non-hydrogen) atoms. The first kappa shape index (κ1) is 26.6. The lowest BCUT2D eigenvalue weighted by molar-refractivity contribution is -0.113. The number of benzene rings is 3. The molecule has 7 nitrogen and oxygen atoms in total. The van der Waals surface area contributed by atoms with Crippen molar-refractivity contribution in [1.29, 1.82) is 0 Å². The third-order valence-electron chi connectivity index (χ3n) is 6.57. The molecule has 0 radical (unpaired) electrons. The van der Waals surface area contributed by atoms with E-state index in [1.54, 1.807) is 11.8 Å². The Kier molecular flexibility index (Phi) is 8.02. The normalized spacial score (nSPS) is 14.5. The second kappa shape index (κ2) is 11.8. The smallest absolute Gasteiger partial charge is 0.255 e. The van der Waals surface area contributed by atoms with Crippen LogP contribution in [0.25, 0.3) is 0 Å². The maximum Gasteiger partial charge on any atom is 0.255 e. The van der Waals surface area contributed by atoms with E-state index >= 15 is 0 Å². The van der Waals surface area contributed by atoms with Gasteiger partial charge in [0, 0.05) is 17.1 Å². The Morgan fingerprint density at radius 2 is 1.87 bits per heavy atom. The Morgan fingerprint density at radius 3 is 2.64 bits per heavy atom. The monoisotopic (exact) mass is 539 g/mol. The van der Waals surface area contributed by atoms with Crippen molar-refractivity contribution in [3.8, 4) is 5.75 Å².